The number of nitrogens with one attached hydrogen (secondary N) is 2. The zero-order chi connectivity index (χ0) is 19.0. The maximum absolute atomic E-state index is 5.67. The number of nitrogens with zero attached hydrogens (tertiary/aromatic N) is 1. The number of ether oxygens (including phenoxy) is 1. The first-order valence-electron chi connectivity index (χ1n) is 9.92. The van der Waals surface area contributed by atoms with Crippen LogP contribution in [0.2, 0.25) is 0 Å². The third-order valence-electron chi connectivity index (χ3n) is 5.29. The van der Waals surface area contributed by atoms with E-state index in [4.69, 9.17) is 9.73 Å². The van der Waals surface area contributed by atoms with Gasteiger partial charge in [0.05, 0.1) is 6.54 Å². The molecule has 1 fully saturated rings. The summed E-state index contributed by atoms with van der Waals surface area (Å²) in [6, 6.07) is 13.0. The van der Waals surface area contributed by atoms with Gasteiger partial charge < -0.3 is 15.4 Å². The molecule has 1 aromatic heterocycles. The Morgan fingerprint density at radius 3 is 2.61 bits per heavy atom. The summed E-state index contributed by atoms with van der Waals surface area (Å²) in [4.78, 5) is 6.39. The second kappa shape index (κ2) is 11.8. The Labute approximate surface area is 190 Å². The highest BCUT2D eigenvalue weighted by molar-refractivity contribution is 14.0. The lowest BCUT2D eigenvalue weighted by Gasteiger charge is -2.37. The quantitative estimate of drug-likeness (QED) is 0.325. The summed E-state index contributed by atoms with van der Waals surface area (Å²) < 4.78 is 5.67. The maximum Gasteiger partial charge on any atom is 0.191 e. The molecule has 2 aromatic rings. The monoisotopic (exact) mass is 513 g/mol. The molecule has 154 valence electrons. The van der Waals surface area contributed by atoms with Crippen molar-refractivity contribution in [1.29, 1.82) is 0 Å². The Bertz CT molecular complexity index is 727. The van der Waals surface area contributed by atoms with Crippen molar-refractivity contribution in [2.24, 2.45) is 4.99 Å². The molecule has 1 aromatic carbocycles. The molecule has 0 aliphatic carbocycles. The minimum Gasteiger partial charge on any atom is -0.381 e. The van der Waals surface area contributed by atoms with Crippen LogP contribution in [0.5, 0.6) is 0 Å². The summed E-state index contributed by atoms with van der Waals surface area (Å²) >= 11 is 1.81. The standard InChI is InChI=1S/C22H31N3OS.HI/c1-3-23-21(24-13-10-19-8-6-16-27-19)25-17-22(11-14-26-15-12-22)20-9-5-4-7-18(20)2;/h4-9,16H,3,10-15,17H2,1-2H3,(H2,23,24,25);1H. The molecule has 28 heavy (non-hydrogen) atoms. The molecule has 1 saturated heterocycles. The van der Waals surface area contributed by atoms with E-state index in [1.807, 2.05) is 11.3 Å². The maximum atomic E-state index is 5.67. The van der Waals surface area contributed by atoms with Crippen LogP contribution in [0.4, 0.5) is 0 Å². The zero-order valence-corrected chi connectivity index (χ0v) is 20.0. The molecular weight excluding hydrogens is 481 g/mol. The predicted molar refractivity (Wildman–Crippen MR) is 130 cm³/mol. The first kappa shape index (κ1) is 23.2. The third-order valence-corrected chi connectivity index (χ3v) is 6.23. The molecule has 2 N–H and O–H groups in total. The topological polar surface area (TPSA) is 45.7 Å². The van der Waals surface area contributed by atoms with Gasteiger partial charge in [0.25, 0.3) is 0 Å². The third kappa shape index (κ3) is 6.19. The highest BCUT2D eigenvalue weighted by Gasteiger charge is 2.35. The number of aliphatic imine (C=N–C) groups is 1. The van der Waals surface area contributed by atoms with Crippen LogP contribution in [0, 0.1) is 6.92 Å². The van der Waals surface area contributed by atoms with Crippen molar-refractivity contribution in [3.05, 3.63) is 57.8 Å². The average Bonchev–Trinajstić information content (AvgIpc) is 3.21. The van der Waals surface area contributed by atoms with Crippen LogP contribution in [-0.2, 0) is 16.6 Å². The second-order valence-electron chi connectivity index (χ2n) is 7.16. The fourth-order valence-electron chi connectivity index (χ4n) is 3.77. The second-order valence-corrected chi connectivity index (χ2v) is 8.19. The van der Waals surface area contributed by atoms with Gasteiger partial charge in [0, 0.05) is 36.6 Å². The normalized spacial score (nSPS) is 16.3. The summed E-state index contributed by atoms with van der Waals surface area (Å²) in [6.45, 7) is 8.49. The fraction of sp³-hybridized carbons (Fsp3) is 0.500. The van der Waals surface area contributed by atoms with Gasteiger partial charge in [-0.1, -0.05) is 30.3 Å². The largest absolute Gasteiger partial charge is 0.381 e. The van der Waals surface area contributed by atoms with Crippen LogP contribution in [0.1, 0.15) is 35.8 Å². The van der Waals surface area contributed by atoms with Crippen molar-refractivity contribution in [1.82, 2.24) is 10.6 Å². The SMILES string of the molecule is CCNC(=NCC1(c2ccccc2C)CCOCC1)NCCc1cccs1.I. The Kier molecular flexibility index (Phi) is 9.74. The Morgan fingerprint density at radius 2 is 1.93 bits per heavy atom. The molecule has 0 bridgehead atoms. The average molecular weight is 513 g/mol. The molecule has 1 aliphatic heterocycles. The van der Waals surface area contributed by atoms with Gasteiger partial charge in [-0.05, 0) is 55.7 Å². The lowest BCUT2D eigenvalue weighted by atomic mass is 9.72. The van der Waals surface area contributed by atoms with Crippen LogP contribution in [0.25, 0.3) is 0 Å². The molecule has 1 aliphatic rings. The molecule has 0 amide bonds. The molecule has 6 heteroatoms. The number of hydrogen-bond acceptors (Lipinski definition) is 3. The van der Waals surface area contributed by atoms with E-state index < -0.39 is 0 Å². The summed E-state index contributed by atoms with van der Waals surface area (Å²) in [7, 11) is 0. The van der Waals surface area contributed by atoms with Crippen molar-refractivity contribution >= 4 is 41.3 Å². The molecule has 0 unspecified atom stereocenters. The van der Waals surface area contributed by atoms with Crippen LogP contribution >= 0.6 is 35.3 Å². The molecule has 0 saturated carbocycles. The Morgan fingerprint density at radius 1 is 1.14 bits per heavy atom. The Hall–Kier alpha value is -1.12. The lowest BCUT2D eigenvalue weighted by Crippen LogP contribution is -2.42. The van der Waals surface area contributed by atoms with Crippen LogP contribution in [-0.4, -0.2) is 38.8 Å². The van der Waals surface area contributed by atoms with Gasteiger partial charge in [-0.25, -0.2) is 0 Å². The van der Waals surface area contributed by atoms with Crippen molar-refractivity contribution in [2.75, 3.05) is 32.8 Å². The molecule has 2 heterocycles. The number of halogens is 1. The van der Waals surface area contributed by atoms with Crippen molar-refractivity contribution in [3.8, 4) is 0 Å². The molecule has 0 atom stereocenters. The van der Waals surface area contributed by atoms with Gasteiger partial charge in [0.15, 0.2) is 5.96 Å². The predicted octanol–water partition coefficient (Wildman–Crippen LogP) is 4.52. The molecule has 3 rings (SSSR count). The molecule has 0 spiro atoms. The van der Waals surface area contributed by atoms with Gasteiger partial charge in [0.2, 0.25) is 0 Å². The number of thiophene rings is 1. The number of aryl methyl sites for hydroxylation is 1. The van der Waals surface area contributed by atoms with Crippen molar-refractivity contribution in [3.63, 3.8) is 0 Å². The fourth-order valence-corrected chi connectivity index (χ4v) is 4.48. The number of rotatable bonds is 7. The zero-order valence-electron chi connectivity index (χ0n) is 16.9. The van der Waals surface area contributed by atoms with Crippen LogP contribution in [0.15, 0.2) is 46.8 Å². The smallest absolute Gasteiger partial charge is 0.191 e. The minimum absolute atomic E-state index is 0. The van der Waals surface area contributed by atoms with Gasteiger partial charge in [-0.2, -0.15) is 0 Å². The van der Waals surface area contributed by atoms with Gasteiger partial charge in [-0.15, -0.1) is 35.3 Å². The van der Waals surface area contributed by atoms with E-state index >= 15 is 0 Å². The first-order chi connectivity index (χ1) is 13.2. The Balaban J connectivity index is 0.00000280. The highest BCUT2D eigenvalue weighted by Crippen LogP contribution is 2.37. The first-order valence-corrected chi connectivity index (χ1v) is 10.8. The van der Waals surface area contributed by atoms with Gasteiger partial charge in [0.1, 0.15) is 0 Å². The number of guanidine groups is 1. The van der Waals surface area contributed by atoms with Crippen LogP contribution in [0.3, 0.4) is 0 Å². The molecule has 0 radical (unpaired) electrons. The van der Waals surface area contributed by atoms with E-state index in [0.717, 1.165) is 58.1 Å². The van der Waals surface area contributed by atoms with E-state index in [9.17, 15) is 0 Å². The number of hydrogen-bond donors (Lipinski definition) is 2. The van der Waals surface area contributed by atoms with E-state index in [1.54, 1.807) is 0 Å². The highest BCUT2D eigenvalue weighted by atomic mass is 127. The minimum atomic E-state index is 0. The van der Waals surface area contributed by atoms with E-state index in [2.05, 4.69) is 66.3 Å². The number of benzene rings is 1. The van der Waals surface area contributed by atoms with Crippen LogP contribution < -0.4 is 10.6 Å². The van der Waals surface area contributed by atoms with E-state index in [0.29, 0.717) is 0 Å². The van der Waals surface area contributed by atoms with E-state index in [-0.39, 0.29) is 29.4 Å². The van der Waals surface area contributed by atoms with Crippen molar-refractivity contribution in [2.45, 2.75) is 38.5 Å². The van der Waals surface area contributed by atoms with Gasteiger partial charge in [-0.3, -0.25) is 4.99 Å². The lowest BCUT2D eigenvalue weighted by molar-refractivity contribution is 0.0529. The molecule has 4 nitrogen and oxygen atoms in total. The summed E-state index contributed by atoms with van der Waals surface area (Å²) in [5.41, 5.74) is 2.84. The summed E-state index contributed by atoms with van der Waals surface area (Å²) in [6.07, 6.45) is 3.07. The van der Waals surface area contributed by atoms with Crippen molar-refractivity contribution < 1.29 is 4.74 Å². The van der Waals surface area contributed by atoms with E-state index in [1.165, 1.54) is 16.0 Å². The van der Waals surface area contributed by atoms with Gasteiger partial charge >= 0.3 is 0 Å². The summed E-state index contributed by atoms with van der Waals surface area (Å²) in [5, 5.41) is 9.02. The molecular formula is C22H32IN3OS. The summed E-state index contributed by atoms with van der Waals surface area (Å²) in [5.74, 6) is 0.911.